The molecule has 0 spiro atoms. The maximum Gasteiger partial charge on any atom is 0.274 e. The second-order valence-electron chi connectivity index (χ2n) is 6.50. The number of hydrogen-bond donors (Lipinski definition) is 1. The number of primary amides is 1. The van der Waals surface area contributed by atoms with Gasteiger partial charge in [-0.25, -0.2) is 4.98 Å². The largest absolute Gasteiger partial charge is 0.368 e. The first-order valence-electron chi connectivity index (χ1n) is 7.90. The average Bonchev–Trinajstić information content (AvgIpc) is 3.03. The third-order valence-electron chi connectivity index (χ3n) is 4.82. The lowest BCUT2D eigenvalue weighted by Crippen LogP contribution is -2.46. The van der Waals surface area contributed by atoms with Crippen LogP contribution in [0.25, 0.3) is 10.4 Å². The van der Waals surface area contributed by atoms with Crippen molar-refractivity contribution in [3.63, 3.8) is 0 Å². The van der Waals surface area contributed by atoms with Crippen molar-refractivity contribution in [2.45, 2.75) is 19.4 Å². The van der Waals surface area contributed by atoms with E-state index in [1.807, 2.05) is 13.0 Å². The number of aryl methyl sites for hydroxylation is 1. The summed E-state index contributed by atoms with van der Waals surface area (Å²) >= 11 is 13.5. The van der Waals surface area contributed by atoms with Crippen LogP contribution in [0, 0.1) is 18.8 Å². The number of nitrogens with zero attached hydrogens (tertiary/aromatic N) is 2. The Bertz CT molecular complexity index is 898. The monoisotopic (exact) mass is 395 g/mol. The third-order valence-corrected chi connectivity index (χ3v) is 6.58. The van der Waals surface area contributed by atoms with E-state index in [2.05, 4.69) is 4.98 Å². The zero-order valence-electron chi connectivity index (χ0n) is 13.3. The van der Waals surface area contributed by atoms with Crippen molar-refractivity contribution in [1.82, 2.24) is 9.88 Å². The standard InChI is InChI=1S/C17H15Cl2N3O2S/c1-7-21-13(15(25-7)8-2-3-11(18)12(19)5-8)17(24)22-6-9-4-10(9)14(22)16(20)23/h2-3,5,9-10,14H,4,6H2,1H3,(H2,20,23)/t9-,10-,14-/m0/s1. The first kappa shape index (κ1) is 16.8. The summed E-state index contributed by atoms with van der Waals surface area (Å²) in [4.78, 5) is 31.6. The van der Waals surface area contributed by atoms with E-state index in [9.17, 15) is 9.59 Å². The Morgan fingerprint density at radius 1 is 1.32 bits per heavy atom. The number of carbonyl (C=O) groups is 2. The van der Waals surface area contributed by atoms with Crippen molar-refractivity contribution in [1.29, 1.82) is 0 Å². The Labute approximate surface area is 158 Å². The van der Waals surface area contributed by atoms with Gasteiger partial charge in [-0.2, -0.15) is 0 Å². The summed E-state index contributed by atoms with van der Waals surface area (Å²) in [5, 5.41) is 1.64. The Morgan fingerprint density at radius 2 is 2.08 bits per heavy atom. The van der Waals surface area contributed by atoms with Crippen LogP contribution in [-0.4, -0.2) is 34.3 Å². The fourth-order valence-corrected chi connectivity index (χ4v) is 4.78. The second kappa shape index (κ2) is 5.97. The average molecular weight is 396 g/mol. The Morgan fingerprint density at radius 3 is 2.76 bits per heavy atom. The highest BCUT2D eigenvalue weighted by molar-refractivity contribution is 7.15. The number of rotatable bonds is 3. The molecule has 1 saturated heterocycles. The minimum absolute atomic E-state index is 0.203. The predicted molar refractivity (Wildman–Crippen MR) is 97.9 cm³/mol. The van der Waals surface area contributed by atoms with Gasteiger partial charge in [0.2, 0.25) is 5.91 Å². The van der Waals surface area contributed by atoms with Crippen molar-refractivity contribution in [3.8, 4) is 10.4 Å². The molecule has 1 saturated carbocycles. The normalized spacial score (nSPS) is 24.3. The van der Waals surface area contributed by atoms with Crippen molar-refractivity contribution in [3.05, 3.63) is 38.9 Å². The minimum Gasteiger partial charge on any atom is -0.368 e. The fourth-order valence-electron chi connectivity index (χ4n) is 3.58. The summed E-state index contributed by atoms with van der Waals surface area (Å²) in [5.41, 5.74) is 6.65. The smallest absolute Gasteiger partial charge is 0.274 e. The van der Waals surface area contributed by atoms with Gasteiger partial charge in [-0.1, -0.05) is 29.3 Å². The Balaban J connectivity index is 1.72. The quantitative estimate of drug-likeness (QED) is 0.864. The maximum atomic E-state index is 13.1. The van der Waals surface area contributed by atoms with Gasteiger partial charge in [0.25, 0.3) is 5.91 Å². The number of nitrogens with two attached hydrogens (primary N) is 1. The molecule has 1 aliphatic carbocycles. The molecular formula is C17H15Cl2N3O2S. The van der Waals surface area contributed by atoms with Gasteiger partial charge in [0, 0.05) is 6.54 Å². The van der Waals surface area contributed by atoms with Gasteiger partial charge in [0.15, 0.2) is 0 Å². The molecule has 1 aliphatic heterocycles. The van der Waals surface area contributed by atoms with E-state index >= 15 is 0 Å². The second-order valence-corrected chi connectivity index (χ2v) is 8.52. The Kier molecular flexibility index (Phi) is 4.02. The number of likely N-dealkylation sites (tertiary alicyclic amines) is 1. The summed E-state index contributed by atoms with van der Waals surface area (Å²) in [6, 6.07) is 4.70. The van der Waals surface area contributed by atoms with Crippen molar-refractivity contribution in [2.24, 2.45) is 17.6 Å². The number of benzene rings is 1. The lowest BCUT2D eigenvalue weighted by Gasteiger charge is -2.24. The summed E-state index contributed by atoms with van der Waals surface area (Å²) in [6.45, 7) is 2.41. The van der Waals surface area contributed by atoms with Crippen LogP contribution in [0.1, 0.15) is 21.9 Å². The summed E-state index contributed by atoms with van der Waals surface area (Å²) in [6.07, 6.45) is 0.965. The predicted octanol–water partition coefficient (Wildman–Crippen LogP) is 3.37. The molecule has 2 heterocycles. The number of aromatic nitrogens is 1. The third kappa shape index (κ3) is 2.82. The molecule has 2 aromatic rings. The molecule has 130 valence electrons. The summed E-state index contributed by atoms with van der Waals surface area (Å²) in [7, 11) is 0. The van der Waals surface area contributed by atoms with Crippen LogP contribution < -0.4 is 5.73 Å². The van der Waals surface area contributed by atoms with E-state index in [1.54, 1.807) is 17.0 Å². The topological polar surface area (TPSA) is 76.3 Å². The molecule has 3 atom stereocenters. The molecule has 25 heavy (non-hydrogen) atoms. The van der Waals surface area contributed by atoms with E-state index in [0.717, 1.165) is 21.9 Å². The molecule has 4 rings (SSSR count). The molecule has 5 nitrogen and oxygen atoms in total. The van der Waals surface area contributed by atoms with E-state index in [0.29, 0.717) is 28.2 Å². The zero-order valence-corrected chi connectivity index (χ0v) is 15.7. The van der Waals surface area contributed by atoms with Crippen LogP contribution in [0.2, 0.25) is 10.0 Å². The first-order chi connectivity index (χ1) is 11.9. The van der Waals surface area contributed by atoms with E-state index in [1.165, 1.54) is 11.3 Å². The molecule has 0 bridgehead atoms. The van der Waals surface area contributed by atoms with Crippen molar-refractivity contribution < 1.29 is 9.59 Å². The van der Waals surface area contributed by atoms with E-state index in [4.69, 9.17) is 28.9 Å². The summed E-state index contributed by atoms with van der Waals surface area (Å²) < 4.78 is 0. The van der Waals surface area contributed by atoms with Gasteiger partial charge in [-0.3, -0.25) is 9.59 Å². The zero-order chi connectivity index (χ0) is 17.9. The van der Waals surface area contributed by atoms with Gasteiger partial charge in [-0.05, 0) is 42.9 Å². The number of amides is 2. The number of piperidine rings is 1. The van der Waals surface area contributed by atoms with Crippen molar-refractivity contribution >= 4 is 46.4 Å². The molecule has 8 heteroatoms. The number of carbonyl (C=O) groups excluding carboxylic acids is 2. The number of halogens is 2. The molecule has 2 fully saturated rings. The van der Waals surface area contributed by atoms with Crippen LogP contribution in [-0.2, 0) is 4.79 Å². The van der Waals surface area contributed by atoms with Gasteiger partial charge < -0.3 is 10.6 Å². The molecule has 1 aromatic carbocycles. The summed E-state index contributed by atoms with van der Waals surface area (Å²) in [5.74, 6) is -0.105. The number of fused-ring (bicyclic) bond motifs is 1. The van der Waals surface area contributed by atoms with E-state index in [-0.39, 0.29) is 11.8 Å². The molecule has 0 radical (unpaired) electrons. The van der Waals surface area contributed by atoms with Gasteiger partial charge in [0.1, 0.15) is 11.7 Å². The number of hydrogen-bond acceptors (Lipinski definition) is 4. The van der Waals surface area contributed by atoms with Crippen LogP contribution in [0.5, 0.6) is 0 Å². The highest BCUT2D eigenvalue weighted by Gasteiger charge is 2.56. The van der Waals surface area contributed by atoms with Crippen LogP contribution in [0.15, 0.2) is 18.2 Å². The van der Waals surface area contributed by atoms with Crippen LogP contribution >= 0.6 is 34.5 Å². The fraction of sp³-hybridized carbons (Fsp3) is 0.353. The molecule has 0 unspecified atom stereocenters. The highest BCUT2D eigenvalue weighted by Crippen LogP contribution is 2.50. The van der Waals surface area contributed by atoms with Crippen LogP contribution in [0.4, 0.5) is 0 Å². The molecular weight excluding hydrogens is 381 g/mol. The molecule has 2 amide bonds. The minimum atomic E-state index is -0.527. The SMILES string of the molecule is Cc1nc(C(=O)N2C[C@@H]3C[C@@H]3[C@H]2C(N)=O)c(-c2ccc(Cl)c(Cl)c2)s1. The van der Waals surface area contributed by atoms with Crippen LogP contribution in [0.3, 0.4) is 0 Å². The maximum absolute atomic E-state index is 13.1. The Hall–Kier alpha value is -1.63. The molecule has 2 aliphatic rings. The lowest BCUT2D eigenvalue weighted by molar-refractivity contribution is -0.122. The van der Waals surface area contributed by atoms with Gasteiger partial charge in [-0.15, -0.1) is 11.3 Å². The highest BCUT2D eigenvalue weighted by atomic mass is 35.5. The number of thiazole rings is 1. The van der Waals surface area contributed by atoms with Gasteiger partial charge >= 0.3 is 0 Å². The van der Waals surface area contributed by atoms with Crippen molar-refractivity contribution in [2.75, 3.05) is 6.54 Å². The van der Waals surface area contributed by atoms with E-state index < -0.39 is 11.9 Å². The van der Waals surface area contributed by atoms with Gasteiger partial charge in [0.05, 0.1) is 19.9 Å². The molecule has 2 N–H and O–H groups in total. The molecule has 1 aromatic heterocycles. The first-order valence-corrected chi connectivity index (χ1v) is 9.47. The lowest BCUT2D eigenvalue weighted by atomic mass is 10.1.